The summed E-state index contributed by atoms with van der Waals surface area (Å²) >= 11 is 0. The lowest BCUT2D eigenvalue weighted by atomic mass is 10.1. The lowest BCUT2D eigenvalue weighted by Gasteiger charge is -2.06. The second kappa shape index (κ2) is 5.12. The van der Waals surface area contributed by atoms with Gasteiger partial charge in [-0.1, -0.05) is 29.8 Å². The Hall–Kier alpha value is -1.35. The van der Waals surface area contributed by atoms with Gasteiger partial charge in [0.05, 0.1) is 6.54 Å². The van der Waals surface area contributed by atoms with Crippen LogP contribution in [0.25, 0.3) is 0 Å². The van der Waals surface area contributed by atoms with Crippen molar-refractivity contribution in [1.82, 2.24) is 10.6 Å². The number of carbonyl (C=O) groups is 1. The zero-order chi connectivity index (χ0) is 11.4. The molecule has 2 rings (SSSR count). The van der Waals surface area contributed by atoms with Crippen LogP contribution < -0.4 is 10.6 Å². The van der Waals surface area contributed by atoms with Gasteiger partial charge < -0.3 is 10.6 Å². The Morgan fingerprint density at radius 2 is 2.00 bits per heavy atom. The van der Waals surface area contributed by atoms with Gasteiger partial charge in [-0.3, -0.25) is 4.79 Å². The van der Waals surface area contributed by atoms with Crippen LogP contribution in [-0.4, -0.2) is 18.5 Å². The molecule has 16 heavy (non-hydrogen) atoms. The summed E-state index contributed by atoms with van der Waals surface area (Å²) in [6, 6.07) is 8.80. The first-order chi connectivity index (χ1) is 7.74. The molecule has 1 saturated carbocycles. The lowest BCUT2D eigenvalue weighted by molar-refractivity contribution is -0.120. The van der Waals surface area contributed by atoms with Crippen LogP contribution in [0, 0.1) is 6.92 Å². The van der Waals surface area contributed by atoms with E-state index in [0.717, 1.165) is 5.56 Å². The molecule has 1 amide bonds. The molecule has 0 spiro atoms. The Labute approximate surface area is 96.2 Å². The summed E-state index contributed by atoms with van der Waals surface area (Å²) in [6.45, 7) is 3.11. The number of hydrogen-bond acceptors (Lipinski definition) is 2. The smallest absolute Gasteiger partial charge is 0.234 e. The Morgan fingerprint density at radius 3 is 2.62 bits per heavy atom. The van der Waals surface area contributed by atoms with Gasteiger partial charge in [-0.2, -0.15) is 0 Å². The van der Waals surface area contributed by atoms with Crippen LogP contribution in [0.4, 0.5) is 0 Å². The zero-order valence-electron chi connectivity index (χ0n) is 9.62. The van der Waals surface area contributed by atoms with Crippen LogP contribution in [0.1, 0.15) is 24.0 Å². The predicted octanol–water partition coefficient (Wildman–Crippen LogP) is 1.36. The van der Waals surface area contributed by atoms with E-state index in [1.54, 1.807) is 0 Å². The molecule has 0 atom stereocenters. The summed E-state index contributed by atoms with van der Waals surface area (Å²) in [5.41, 5.74) is 2.39. The summed E-state index contributed by atoms with van der Waals surface area (Å²) in [6.07, 6.45) is 2.43. The van der Waals surface area contributed by atoms with Crippen molar-refractivity contribution < 1.29 is 4.79 Å². The van der Waals surface area contributed by atoms with E-state index in [1.165, 1.54) is 18.4 Å². The maximum atomic E-state index is 11.4. The van der Waals surface area contributed by atoms with Gasteiger partial charge in [0.25, 0.3) is 0 Å². The molecule has 0 radical (unpaired) electrons. The minimum atomic E-state index is 0.0764. The summed E-state index contributed by atoms with van der Waals surface area (Å²) in [5.74, 6) is 0.0764. The van der Waals surface area contributed by atoms with Crippen LogP contribution in [0.3, 0.4) is 0 Å². The molecule has 0 aromatic heterocycles. The average molecular weight is 218 g/mol. The maximum absolute atomic E-state index is 11.4. The van der Waals surface area contributed by atoms with E-state index in [0.29, 0.717) is 19.1 Å². The van der Waals surface area contributed by atoms with E-state index in [9.17, 15) is 4.79 Å². The Morgan fingerprint density at radius 1 is 1.31 bits per heavy atom. The molecule has 3 nitrogen and oxygen atoms in total. The predicted molar refractivity (Wildman–Crippen MR) is 64.1 cm³/mol. The fraction of sp³-hybridized carbons (Fsp3) is 0.462. The van der Waals surface area contributed by atoms with Gasteiger partial charge >= 0.3 is 0 Å². The third-order valence-corrected chi connectivity index (χ3v) is 2.74. The first kappa shape index (κ1) is 11.1. The fourth-order valence-corrected chi connectivity index (χ4v) is 1.49. The van der Waals surface area contributed by atoms with Crippen molar-refractivity contribution in [3.05, 3.63) is 35.4 Å². The minimum Gasteiger partial charge on any atom is -0.351 e. The largest absolute Gasteiger partial charge is 0.351 e. The number of aryl methyl sites for hydroxylation is 1. The van der Waals surface area contributed by atoms with Crippen molar-refractivity contribution in [3.8, 4) is 0 Å². The van der Waals surface area contributed by atoms with Crippen LogP contribution in [-0.2, 0) is 11.3 Å². The van der Waals surface area contributed by atoms with Crippen molar-refractivity contribution in [2.75, 3.05) is 6.54 Å². The van der Waals surface area contributed by atoms with Gasteiger partial charge in [0.2, 0.25) is 5.91 Å². The Balaban J connectivity index is 1.69. The molecule has 1 aromatic carbocycles. The van der Waals surface area contributed by atoms with E-state index in [4.69, 9.17) is 0 Å². The van der Waals surface area contributed by atoms with Crippen molar-refractivity contribution in [2.24, 2.45) is 0 Å². The number of amides is 1. The second-order valence-corrected chi connectivity index (χ2v) is 4.42. The molecule has 0 heterocycles. The van der Waals surface area contributed by atoms with Crippen molar-refractivity contribution in [3.63, 3.8) is 0 Å². The summed E-state index contributed by atoms with van der Waals surface area (Å²) in [7, 11) is 0. The highest BCUT2D eigenvalue weighted by Crippen LogP contribution is 2.17. The molecule has 3 heteroatoms. The number of benzene rings is 1. The van der Waals surface area contributed by atoms with Gasteiger partial charge in [0.15, 0.2) is 0 Å². The van der Waals surface area contributed by atoms with Crippen molar-refractivity contribution in [1.29, 1.82) is 0 Å². The Kier molecular flexibility index (Phi) is 3.57. The number of hydrogen-bond donors (Lipinski definition) is 2. The summed E-state index contributed by atoms with van der Waals surface area (Å²) in [4.78, 5) is 11.4. The van der Waals surface area contributed by atoms with Gasteiger partial charge in [-0.05, 0) is 25.3 Å². The van der Waals surface area contributed by atoms with Crippen molar-refractivity contribution >= 4 is 5.91 Å². The minimum absolute atomic E-state index is 0.0764. The van der Waals surface area contributed by atoms with E-state index in [2.05, 4.69) is 29.7 Å². The summed E-state index contributed by atoms with van der Waals surface area (Å²) in [5, 5.41) is 6.09. The molecule has 0 saturated heterocycles. The highest BCUT2D eigenvalue weighted by Gasteiger charge is 2.20. The normalized spacial score (nSPS) is 14.8. The molecular formula is C13H18N2O. The van der Waals surface area contributed by atoms with Gasteiger partial charge in [0.1, 0.15) is 0 Å². The van der Waals surface area contributed by atoms with E-state index in [1.807, 2.05) is 12.1 Å². The SMILES string of the molecule is Cc1ccc(CNC(=O)CNC2CC2)cc1. The van der Waals surface area contributed by atoms with Gasteiger partial charge in [0, 0.05) is 12.6 Å². The zero-order valence-corrected chi connectivity index (χ0v) is 9.62. The van der Waals surface area contributed by atoms with Crippen LogP contribution in [0.2, 0.25) is 0 Å². The molecule has 1 aromatic rings. The number of rotatable bonds is 5. The second-order valence-electron chi connectivity index (χ2n) is 4.42. The highest BCUT2D eigenvalue weighted by atomic mass is 16.1. The third-order valence-electron chi connectivity index (χ3n) is 2.74. The van der Waals surface area contributed by atoms with E-state index >= 15 is 0 Å². The first-order valence-corrected chi connectivity index (χ1v) is 5.79. The molecule has 1 aliphatic carbocycles. The van der Waals surface area contributed by atoms with Gasteiger partial charge in [-0.15, -0.1) is 0 Å². The molecule has 1 aliphatic rings. The molecule has 0 aliphatic heterocycles. The summed E-state index contributed by atoms with van der Waals surface area (Å²) < 4.78 is 0. The standard InChI is InChI=1S/C13H18N2O/c1-10-2-4-11(5-3-10)8-15-13(16)9-14-12-6-7-12/h2-5,12,14H,6-9H2,1H3,(H,15,16). The molecule has 0 unspecified atom stereocenters. The fourth-order valence-electron chi connectivity index (χ4n) is 1.49. The quantitative estimate of drug-likeness (QED) is 0.783. The third kappa shape index (κ3) is 3.66. The van der Waals surface area contributed by atoms with Crippen LogP contribution in [0.5, 0.6) is 0 Å². The Bertz CT molecular complexity index is 355. The molecule has 86 valence electrons. The molecular weight excluding hydrogens is 200 g/mol. The van der Waals surface area contributed by atoms with Crippen molar-refractivity contribution in [2.45, 2.75) is 32.4 Å². The number of nitrogens with one attached hydrogen (secondary N) is 2. The van der Waals surface area contributed by atoms with E-state index in [-0.39, 0.29) is 5.91 Å². The average Bonchev–Trinajstić information content (AvgIpc) is 3.09. The van der Waals surface area contributed by atoms with E-state index < -0.39 is 0 Å². The molecule has 0 bridgehead atoms. The monoisotopic (exact) mass is 218 g/mol. The lowest BCUT2D eigenvalue weighted by Crippen LogP contribution is -2.34. The topological polar surface area (TPSA) is 41.1 Å². The van der Waals surface area contributed by atoms with Crippen LogP contribution >= 0.6 is 0 Å². The number of carbonyl (C=O) groups excluding carboxylic acids is 1. The highest BCUT2D eigenvalue weighted by molar-refractivity contribution is 5.78. The maximum Gasteiger partial charge on any atom is 0.234 e. The molecule has 1 fully saturated rings. The van der Waals surface area contributed by atoms with Gasteiger partial charge in [-0.25, -0.2) is 0 Å². The molecule has 2 N–H and O–H groups in total. The van der Waals surface area contributed by atoms with Crippen LogP contribution in [0.15, 0.2) is 24.3 Å². The first-order valence-electron chi connectivity index (χ1n) is 5.79.